The molecule has 5 rings (SSSR count). The summed E-state index contributed by atoms with van der Waals surface area (Å²) in [7, 11) is 0. The van der Waals surface area contributed by atoms with Crippen LogP contribution in [0.15, 0.2) is 59.4 Å². The Morgan fingerprint density at radius 1 is 1.05 bits per heavy atom. The van der Waals surface area contributed by atoms with Crippen LogP contribution < -0.4 is 10.3 Å². The van der Waals surface area contributed by atoms with Crippen LogP contribution in [0.2, 0.25) is 0 Å². The van der Waals surface area contributed by atoms with Crippen molar-refractivity contribution in [2.45, 2.75) is 65.1 Å². The van der Waals surface area contributed by atoms with E-state index < -0.39 is 40.7 Å². The summed E-state index contributed by atoms with van der Waals surface area (Å²) in [6, 6.07) is 16.2. The van der Waals surface area contributed by atoms with Crippen LogP contribution in [0.5, 0.6) is 5.75 Å². The maximum absolute atomic E-state index is 14.2. The summed E-state index contributed by atoms with van der Waals surface area (Å²) in [6.45, 7) is 5.06. The number of hydrogen-bond donors (Lipinski definition) is 2. The minimum atomic E-state index is -0.964. The van der Waals surface area contributed by atoms with Gasteiger partial charge in [-0.25, -0.2) is 9.78 Å². The topological polar surface area (TPSA) is 142 Å². The van der Waals surface area contributed by atoms with Crippen LogP contribution in [0.4, 0.5) is 4.79 Å². The van der Waals surface area contributed by atoms with Crippen molar-refractivity contribution >= 4 is 18.0 Å². The van der Waals surface area contributed by atoms with Gasteiger partial charge in [0.2, 0.25) is 5.75 Å². The lowest BCUT2D eigenvalue weighted by molar-refractivity contribution is -0.143. The van der Waals surface area contributed by atoms with E-state index in [9.17, 15) is 24.3 Å². The zero-order valence-electron chi connectivity index (χ0n) is 25.2. The summed E-state index contributed by atoms with van der Waals surface area (Å²) in [5, 5.41) is 9.92. The summed E-state index contributed by atoms with van der Waals surface area (Å²) in [6.07, 6.45) is 1.68. The molecule has 1 atom stereocenters. The molecule has 1 aromatic heterocycles. The summed E-state index contributed by atoms with van der Waals surface area (Å²) >= 11 is 0. The van der Waals surface area contributed by atoms with E-state index in [1.807, 2.05) is 54.6 Å². The number of rotatable bonds is 8. The maximum atomic E-state index is 14.2. The molecule has 11 nitrogen and oxygen atoms in total. The summed E-state index contributed by atoms with van der Waals surface area (Å²) in [4.78, 5) is 64.0. The van der Waals surface area contributed by atoms with Gasteiger partial charge in [0.15, 0.2) is 5.69 Å². The van der Waals surface area contributed by atoms with E-state index in [0.29, 0.717) is 32.2 Å². The minimum Gasteiger partial charge on any atom is -0.445 e. The fourth-order valence-corrected chi connectivity index (χ4v) is 5.64. The predicted octanol–water partition coefficient (Wildman–Crippen LogP) is 3.80. The van der Waals surface area contributed by atoms with Gasteiger partial charge in [0.1, 0.15) is 12.4 Å². The van der Waals surface area contributed by atoms with Gasteiger partial charge in [-0.2, -0.15) is 0 Å². The second-order valence-corrected chi connectivity index (χ2v) is 12.2. The Bertz CT molecular complexity index is 1560. The van der Waals surface area contributed by atoms with Gasteiger partial charge in [-0.1, -0.05) is 54.6 Å². The second kappa shape index (κ2) is 13.0. The quantitative estimate of drug-likeness (QED) is 0.371. The molecule has 0 spiro atoms. The molecule has 1 saturated heterocycles. The zero-order valence-corrected chi connectivity index (χ0v) is 25.2. The Hall–Kier alpha value is -4.51. The van der Waals surface area contributed by atoms with Crippen LogP contribution in [0, 0.1) is 5.41 Å². The number of carbonyl (C=O) groups is 3. The molecule has 1 aliphatic carbocycles. The monoisotopic (exact) mass is 602 g/mol. The first-order chi connectivity index (χ1) is 21.1. The van der Waals surface area contributed by atoms with Gasteiger partial charge in [-0.3, -0.25) is 19.3 Å². The second-order valence-electron chi connectivity index (χ2n) is 12.2. The third kappa shape index (κ3) is 6.67. The fraction of sp³-hybridized carbons (Fsp3) is 0.424. The average Bonchev–Trinajstić information content (AvgIpc) is 3.67. The number of nitrogens with zero attached hydrogens (tertiary/aromatic N) is 3. The third-order valence-corrected chi connectivity index (χ3v) is 7.98. The molecule has 0 radical (unpaired) electrons. The lowest BCUT2D eigenvalue weighted by Gasteiger charge is -2.29. The molecule has 1 aliphatic heterocycles. The molecule has 2 heterocycles. The molecule has 44 heavy (non-hydrogen) atoms. The van der Waals surface area contributed by atoms with Crippen LogP contribution in [0.1, 0.15) is 72.7 Å². The maximum Gasteiger partial charge on any atom is 0.410 e. The van der Waals surface area contributed by atoms with E-state index in [2.05, 4.69) is 9.97 Å². The van der Waals surface area contributed by atoms with E-state index in [4.69, 9.17) is 9.47 Å². The van der Waals surface area contributed by atoms with Crippen molar-refractivity contribution < 1.29 is 29.0 Å². The fourth-order valence-electron chi connectivity index (χ4n) is 5.64. The lowest BCUT2D eigenvalue weighted by Crippen LogP contribution is -2.44. The van der Waals surface area contributed by atoms with Crippen molar-refractivity contribution in [1.29, 1.82) is 0 Å². The van der Waals surface area contributed by atoms with Crippen molar-refractivity contribution in [1.82, 2.24) is 19.8 Å². The number of nitrogens with one attached hydrogen (secondary N) is 1. The van der Waals surface area contributed by atoms with E-state index in [-0.39, 0.29) is 37.3 Å². The van der Waals surface area contributed by atoms with Crippen LogP contribution >= 0.6 is 0 Å². The molecule has 0 saturated carbocycles. The third-order valence-electron chi connectivity index (χ3n) is 7.98. The Kier molecular flexibility index (Phi) is 9.14. The van der Waals surface area contributed by atoms with Crippen LogP contribution in [0.25, 0.3) is 0 Å². The van der Waals surface area contributed by atoms with Gasteiger partial charge >= 0.3 is 12.1 Å². The molecule has 0 bridgehead atoms. The predicted molar refractivity (Wildman–Crippen MR) is 161 cm³/mol. The smallest absolute Gasteiger partial charge is 0.410 e. The number of fused-ring (bicyclic) bond motifs is 1. The number of H-pyrrole nitrogens is 1. The van der Waals surface area contributed by atoms with Crippen LogP contribution in [0.3, 0.4) is 0 Å². The largest absolute Gasteiger partial charge is 0.445 e. The first-order valence-corrected chi connectivity index (χ1v) is 14.9. The first kappa shape index (κ1) is 30.9. The van der Waals surface area contributed by atoms with Gasteiger partial charge in [-0.05, 0) is 63.1 Å². The summed E-state index contributed by atoms with van der Waals surface area (Å²) < 4.78 is 11.1. The van der Waals surface area contributed by atoms with Gasteiger partial charge in [-0.15, -0.1) is 0 Å². The SMILES string of the molecule is CC(C)(C)C(=O)Oc1c(C(=O)N(CCO)C2Cc3ccccc3C2)nc([C@@H]2CCCN2C(=O)OCc2ccccc2)[nH]c1=O. The highest BCUT2D eigenvalue weighted by atomic mass is 16.6. The highest BCUT2D eigenvalue weighted by Gasteiger charge is 2.38. The molecule has 1 fully saturated rings. The molecule has 2 N–H and O–H groups in total. The number of carbonyl (C=O) groups excluding carboxylic acids is 3. The number of aliphatic hydroxyl groups excluding tert-OH is 1. The number of ether oxygens (including phenoxy) is 2. The Labute approximate surface area is 255 Å². The number of esters is 1. The number of aliphatic hydroxyl groups is 1. The first-order valence-electron chi connectivity index (χ1n) is 14.9. The summed E-state index contributed by atoms with van der Waals surface area (Å²) in [5.74, 6) is -1.76. The highest BCUT2D eigenvalue weighted by molar-refractivity contribution is 5.96. The number of hydrogen-bond acceptors (Lipinski definition) is 8. The van der Waals surface area contributed by atoms with E-state index >= 15 is 0 Å². The lowest BCUT2D eigenvalue weighted by atomic mass is 9.97. The normalized spacial score (nSPS) is 16.5. The van der Waals surface area contributed by atoms with Gasteiger partial charge in [0, 0.05) is 19.1 Å². The van der Waals surface area contributed by atoms with Crippen molar-refractivity contribution in [2.24, 2.45) is 5.41 Å². The molecule has 3 aromatic rings. The number of likely N-dealkylation sites (tertiary alicyclic amines) is 1. The van der Waals surface area contributed by atoms with Crippen LogP contribution in [-0.2, 0) is 29.0 Å². The Balaban J connectivity index is 1.48. The Morgan fingerprint density at radius 2 is 1.70 bits per heavy atom. The standard InChI is InChI=1S/C33H38N4O7/c1-33(2,3)31(41)44-27-26(30(40)36(16-17-38)24-18-22-12-7-8-13-23(22)19-24)34-28(35-29(27)39)25-14-9-15-37(25)32(42)43-20-21-10-5-4-6-11-21/h4-8,10-13,24-25,38H,9,14-20H2,1-3H3,(H,34,35,39)/t25-/m0/s1. The van der Waals surface area contributed by atoms with Crippen molar-refractivity contribution in [3.8, 4) is 5.75 Å². The van der Waals surface area contributed by atoms with Gasteiger partial charge in [0.05, 0.1) is 18.1 Å². The van der Waals surface area contributed by atoms with E-state index in [1.54, 1.807) is 20.8 Å². The number of aromatic amines is 1. The van der Waals surface area contributed by atoms with Gasteiger partial charge in [0.25, 0.3) is 11.5 Å². The van der Waals surface area contributed by atoms with Crippen molar-refractivity contribution in [3.63, 3.8) is 0 Å². The number of amides is 2. The van der Waals surface area contributed by atoms with Crippen LogP contribution in [-0.4, -0.2) is 68.6 Å². The molecular formula is C33H38N4O7. The molecule has 2 amide bonds. The highest BCUT2D eigenvalue weighted by Crippen LogP contribution is 2.32. The molecule has 11 heteroatoms. The zero-order chi connectivity index (χ0) is 31.4. The van der Waals surface area contributed by atoms with E-state index in [0.717, 1.165) is 16.7 Å². The van der Waals surface area contributed by atoms with E-state index in [1.165, 1.54) is 9.80 Å². The molecule has 232 valence electrons. The Morgan fingerprint density at radius 3 is 2.34 bits per heavy atom. The van der Waals surface area contributed by atoms with Crippen molar-refractivity contribution in [3.05, 3.63) is 93.2 Å². The molecule has 2 aromatic carbocycles. The molecule has 0 unspecified atom stereocenters. The molecular weight excluding hydrogens is 564 g/mol. The minimum absolute atomic E-state index is 0.00464. The van der Waals surface area contributed by atoms with Crippen molar-refractivity contribution in [2.75, 3.05) is 19.7 Å². The van der Waals surface area contributed by atoms with Gasteiger partial charge < -0.3 is 24.5 Å². The number of benzene rings is 2. The summed E-state index contributed by atoms with van der Waals surface area (Å²) in [5.41, 5.74) is 0.924. The molecule has 2 aliphatic rings. The average molecular weight is 603 g/mol. The number of aromatic nitrogens is 2.